The van der Waals surface area contributed by atoms with Crippen molar-refractivity contribution in [1.29, 1.82) is 0 Å². The predicted octanol–water partition coefficient (Wildman–Crippen LogP) is 0.165. The van der Waals surface area contributed by atoms with Gasteiger partial charge in [-0.3, -0.25) is 4.79 Å². The Morgan fingerprint density at radius 1 is 1.21 bits per heavy atom. The van der Waals surface area contributed by atoms with E-state index in [1.54, 1.807) is 18.2 Å². The fourth-order valence-electron chi connectivity index (χ4n) is 2.36. The van der Waals surface area contributed by atoms with Gasteiger partial charge in [0.25, 0.3) is 0 Å². The molecule has 7 heteroatoms. The molecule has 0 aliphatic carbocycles. The molecule has 0 aromatic heterocycles. The molecule has 132 valence electrons. The van der Waals surface area contributed by atoms with Crippen molar-refractivity contribution in [2.24, 2.45) is 0 Å². The third kappa shape index (κ3) is 4.55. The van der Waals surface area contributed by atoms with Crippen LogP contribution in [0.25, 0.3) is 0 Å². The van der Waals surface area contributed by atoms with Crippen LogP contribution in [0.1, 0.15) is 12.5 Å². The molecule has 1 heterocycles. The van der Waals surface area contributed by atoms with Crippen LogP contribution < -0.4 is 4.74 Å². The number of carbonyl (C=O) groups is 1. The molecule has 0 amide bonds. The van der Waals surface area contributed by atoms with Crippen LogP contribution in [0, 0.1) is 0 Å². The zero-order valence-electron chi connectivity index (χ0n) is 13.4. The van der Waals surface area contributed by atoms with E-state index in [-0.39, 0.29) is 6.61 Å². The average molecular weight is 338 g/mol. The van der Waals surface area contributed by atoms with Gasteiger partial charge in [0, 0.05) is 6.92 Å². The monoisotopic (exact) mass is 338 g/mol. The normalized spacial score (nSPS) is 29.8. The highest BCUT2D eigenvalue weighted by molar-refractivity contribution is 5.65. The molecule has 0 radical (unpaired) electrons. The standard InChI is InChI=1S/C17H22O7/c1-3-4-11-5-7-12(8-6-11)23-17-16(21)15(20)14(19)13(24-17)9-22-10(2)18/h3,5-8,13-17,19-21H,1,4,9H2,2H3/t13-,14-,15+,16-,17-/m1/s1. The van der Waals surface area contributed by atoms with Gasteiger partial charge < -0.3 is 29.5 Å². The third-order valence-electron chi connectivity index (χ3n) is 3.67. The number of hydrogen-bond acceptors (Lipinski definition) is 7. The second kappa shape index (κ2) is 8.25. The Bertz CT molecular complexity index is 557. The van der Waals surface area contributed by atoms with Gasteiger partial charge in [0.1, 0.15) is 36.8 Å². The molecule has 0 spiro atoms. The van der Waals surface area contributed by atoms with Gasteiger partial charge in [-0.1, -0.05) is 18.2 Å². The molecule has 5 atom stereocenters. The first-order valence-electron chi connectivity index (χ1n) is 7.62. The van der Waals surface area contributed by atoms with Gasteiger partial charge >= 0.3 is 5.97 Å². The van der Waals surface area contributed by atoms with Crippen LogP contribution in [-0.2, 0) is 20.7 Å². The Hall–Kier alpha value is -1.93. The fourth-order valence-corrected chi connectivity index (χ4v) is 2.36. The third-order valence-corrected chi connectivity index (χ3v) is 3.67. The number of hydrogen-bond donors (Lipinski definition) is 3. The van der Waals surface area contributed by atoms with Crippen molar-refractivity contribution >= 4 is 5.97 Å². The molecule has 1 aromatic rings. The lowest BCUT2D eigenvalue weighted by molar-refractivity contribution is -0.278. The molecule has 1 aromatic carbocycles. The van der Waals surface area contributed by atoms with Gasteiger partial charge in [-0.05, 0) is 24.1 Å². The van der Waals surface area contributed by atoms with Crippen LogP contribution >= 0.6 is 0 Å². The molecule has 1 aliphatic heterocycles. The predicted molar refractivity (Wildman–Crippen MR) is 84.3 cm³/mol. The first kappa shape index (κ1) is 18.4. The van der Waals surface area contributed by atoms with Crippen molar-refractivity contribution in [2.75, 3.05) is 6.61 Å². The number of ether oxygens (including phenoxy) is 3. The first-order valence-corrected chi connectivity index (χ1v) is 7.62. The highest BCUT2D eigenvalue weighted by Crippen LogP contribution is 2.25. The SMILES string of the molecule is C=CCc1ccc(O[C@@H]2O[C@H](COC(C)=O)[C@@H](O)[C@H](O)[C@H]2O)cc1. The van der Waals surface area contributed by atoms with E-state index in [0.29, 0.717) is 5.75 Å². The van der Waals surface area contributed by atoms with E-state index < -0.39 is 36.7 Å². The Labute approximate surface area is 140 Å². The van der Waals surface area contributed by atoms with Crippen LogP contribution in [0.3, 0.4) is 0 Å². The minimum absolute atomic E-state index is 0.252. The molecule has 1 saturated heterocycles. The summed E-state index contributed by atoms with van der Waals surface area (Å²) in [6.45, 7) is 4.63. The van der Waals surface area contributed by atoms with Gasteiger partial charge in [0.05, 0.1) is 0 Å². The number of benzene rings is 1. The van der Waals surface area contributed by atoms with Gasteiger partial charge in [0.2, 0.25) is 6.29 Å². The molecule has 2 rings (SSSR count). The van der Waals surface area contributed by atoms with Gasteiger partial charge in [0.15, 0.2) is 0 Å². The number of aliphatic hydroxyl groups excluding tert-OH is 3. The van der Waals surface area contributed by atoms with Crippen LogP contribution in [-0.4, -0.2) is 58.6 Å². The van der Waals surface area contributed by atoms with Crippen LogP contribution in [0.2, 0.25) is 0 Å². The number of aliphatic hydroxyl groups is 3. The van der Waals surface area contributed by atoms with Crippen molar-refractivity contribution < 1.29 is 34.3 Å². The molecule has 0 bridgehead atoms. The lowest BCUT2D eigenvalue weighted by Gasteiger charge is -2.39. The minimum atomic E-state index is -1.48. The Kier molecular flexibility index (Phi) is 6.33. The zero-order valence-corrected chi connectivity index (χ0v) is 13.4. The molecule has 24 heavy (non-hydrogen) atoms. The van der Waals surface area contributed by atoms with E-state index >= 15 is 0 Å². The molecule has 0 saturated carbocycles. The maximum atomic E-state index is 10.9. The minimum Gasteiger partial charge on any atom is -0.463 e. The zero-order chi connectivity index (χ0) is 17.7. The molecule has 1 aliphatic rings. The van der Waals surface area contributed by atoms with E-state index in [0.717, 1.165) is 12.0 Å². The maximum Gasteiger partial charge on any atom is 0.302 e. The van der Waals surface area contributed by atoms with Gasteiger partial charge in [-0.2, -0.15) is 0 Å². The van der Waals surface area contributed by atoms with E-state index in [9.17, 15) is 20.1 Å². The number of allylic oxidation sites excluding steroid dienone is 1. The summed E-state index contributed by atoms with van der Waals surface area (Å²) >= 11 is 0. The fraction of sp³-hybridized carbons (Fsp3) is 0.471. The van der Waals surface area contributed by atoms with Crippen molar-refractivity contribution in [2.45, 2.75) is 44.1 Å². The largest absolute Gasteiger partial charge is 0.463 e. The Morgan fingerprint density at radius 3 is 2.46 bits per heavy atom. The summed E-state index contributed by atoms with van der Waals surface area (Å²) < 4.78 is 15.8. The number of carbonyl (C=O) groups excluding carboxylic acids is 1. The molecular formula is C17H22O7. The Balaban J connectivity index is 2.04. The van der Waals surface area contributed by atoms with Crippen molar-refractivity contribution in [3.63, 3.8) is 0 Å². The molecule has 0 unspecified atom stereocenters. The van der Waals surface area contributed by atoms with Crippen molar-refractivity contribution in [3.05, 3.63) is 42.5 Å². The van der Waals surface area contributed by atoms with Crippen molar-refractivity contribution in [3.8, 4) is 5.75 Å². The van der Waals surface area contributed by atoms with E-state index in [4.69, 9.17) is 14.2 Å². The quantitative estimate of drug-likeness (QED) is 0.501. The maximum absolute atomic E-state index is 10.9. The summed E-state index contributed by atoms with van der Waals surface area (Å²) in [6.07, 6.45) is -4.02. The topological polar surface area (TPSA) is 105 Å². The summed E-state index contributed by atoms with van der Waals surface area (Å²) in [5.41, 5.74) is 1.05. The van der Waals surface area contributed by atoms with Gasteiger partial charge in [-0.25, -0.2) is 0 Å². The summed E-state index contributed by atoms with van der Waals surface area (Å²) in [7, 11) is 0. The highest BCUT2D eigenvalue weighted by atomic mass is 16.7. The van der Waals surface area contributed by atoms with E-state index in [1.165, 1.54) is 6.92 Å². The summed E-state index contributed by atoms with van der Waals surface area (Å²) in [4.78, 5) is 10.9. The lowest BCUT2D eigenvalue weighted by atomic mass is 9.99. The molecular weight excluding hydrogens is 316 g/mol. The van der Waals surface area contributed by atoms with Crippen molar-refractivity contribution in [1.82, 2.24) is 0 Å². The Morgan fingerprint density at radius 2 is 1.88 bits per heavy atom. The lowest BCUT2D eigenvalue weighted by Crippen LogP contribution is -2.60. The van der Waals surface area contributed by atoms with Crippen LogP contribution in [0.15, 0.2) is 36.9 Å². The van der Waals surface area contributed by atoms with Gasteiger partial charge in [-0.15, -0.1) is 6.58 Å². The highest BCUT2D eigenvalue weighted by Gasteiger charge is 2.45. The van der Waals surface area contributed by atoms with E-state index in [1.807, 2.05) is 12.1 Å². The second-order valence-corrected chi connectivity index (χ2v) is 5.57. The summed E-state index contributed by atoms with van der Waals surface area (Å²) in [6, 6.07) is 7.09. The smallest absolute Gasteiger partial charge is 0.302 e. The molecule has 1 fully saturated rings. The average Bonchev–Trinajstić information content (AvgIpc) is 2.56. The second-order valence-electron chi connectivity index (χ2n) is 5.57. The number of esters is 1. The number of rotatable bonds is 6. The van der Waals surface area contributed by atoms with Crippen LogP contribution in [0.5, 0.6) is 5.75 Å². The van der Waals surface area contributed by atoms with E-state index in [2.05, 4.69) is 6.58 Å². The summed E-state index contributed by atoms with van der Waals surface area (Å²) in [5.74, 6) is -0.108. The summed E-state index contributed by atoms with van der Waals surface area (Å²) in [5, 5.41) is 29.9. The first-order chi connectivity index (χ1) is 11.4. The molecule has 3 N–H and O–H groups in total. The van der Waals surface area contributed by atoms with Crippen LogP contribution in [0.4, 0.5) is 0 Å². The molecule has 7 nitrogen and oxygen atoms in total.